The fraction of sp³-hybridized carbons (Fsp3) is 0.375. The Bertz CT molecular complexity index is 653. The maximum Gasteiger partial charge on any atom is 0.165 e. The van der Waals surface area contributed by atoms with Crippen LogP contribution in [0.2, 0.25) is 4.34 Å². The van der Waals surface area contributed by atoms with E-state index in [0.29, 0.717) is 6.54 Å². The standard InChI is InChI=1S/C16H18ClNO2S/c1-16(2)8-10-4-3-5-11(15(10)20-16)19-12(9-18)13-6-7-14(17)21-13/h3-7,12H,8-9,18H2,1-2H3. The van der Waals surface area contributed by atoms with Crippen LogP contribution in [-0.4, -0.2) is 12.1 Å². The van der Waals surface area contributed by atoms with E-state index in [2.05, 4.69) is 19.9 Å². The molecule has 112 valence electrons. The molecule has 0 saturated heterocycles. The molecule has 0 spiro atoms. The molecule has 5 heteroatoms. The number of hydrogen-bond donors (Lipinski definition) is 1. The predicted octanol–water partition coefficient (Wildman–Crippen LogP) is 4.19. The van der Waals surface area contributed by atoms with Crippen LogP contribution in [0.5, 0.6) is 11.5 Å². The van der Waals surface area contributed by atoms with Crippen molar-refractivity contribution in [3.05, 3.63) is 45.1 Å². The van der Waals surface area contributed by atoms with Gasteiger partial charge in [0.1, 0.15) is 11.7 Å². The van der Waals surface area contributed by atoms with Gasteiger partial charge in [0.15, 0.2) is 11.5 Å². The normalized spacial score (nSPS) is 17.1. The Balaban J connectivity index is 1.87. The van der Waals surface area contributed by atoms with Crippen LogP contribution >= 0.6 is 22.9 Å². The Morgan fingerprint density at radius 1 is 1.38 bits per heavy atom. The second-order valence-electron chi connectivity index (χ2n) is 5.77. The number of para-hydroxylation sites is 1. The van der Waals surface area contributed by atoms with E-state index in [1.165, 1.54) is 16.9 Å². The summed E-state index contributed by atoms with van der Waals surface area (Å²) in [6, 6.07) is 9.82. The number of benzene rings is 1. The molecule has 3 nitrogen and oxygen atoms in total. The number of hydrogen-bond acceptors (Lipinski definition) is 4. The van der Waals surface area contributed by atoms with Gasteiger partial charge in [-0.05, 0) is 32.0 Å². The van der Waals surface area contributed by atoms with Gasteiger partial charge in [0.05, 0.1) is 4.34 Å². The highest BCUT2D eigenvalue weighted by Gasteiger charge is 2.32. The highest BCUT2D eigenvalue weighted by Crippen LogP contribution is 2.43. The van der Waals surface area contributed by atoms with Gasteiger partial charge in [0, 0.05) is 23.4 Å². The second kappa shape index (κ2) is 5.52. The molecule has 3 rings (SSSR count). The first-order valence-electron chi connectivity index (χ1n) is 6.91. The van der Waals surface area contributed by atoms with Crippen LogP contribution in [0.25, 0.3) is 0 Å². The van der Waals surface area contributed by atoms with E-state index >= 15 is 0 Å². The van der Waals surface area contributed by atoms with Gasteiger partial charge in [-0.3, -0.25) is 0 Å². The van der Waals surface area contributed by atoms with E-state index < -0.39 is 0 Å². The fourth-order valence-electron chi connectivity index (χ4n) is 2.56. The summed E-state index contributed by atoms with van der Waals surface area (Å²) >= 11 is 7.49. The van der Waals surface area contributed by atoms with E-state index in [0.717, 1.165) is 27.1 Å². The van der Waals surface area contributed by atoms with E-state index in [-0.39, 0.29) is 11.7 Å². The molecule has 0 radical (unpaired) electrons. The predicted molar refractivity (Wildman–Crippen MR) is 86.6 cm³/mol. The largest absolute Gasteiger partial charge is 0.483 e. The maximum atomic E-state index is 6.10. The lowest BCUT2D eigenvalue weighted by atomic mass is 10.0. The zero-order valence-corrected chi connectivity index (χ0v) is 13.6. The SMILES string of the molecule is CC1(C)Cc2cccc(OC(CN)c3ccc(Cl)s3)c2O1. The van der Waals surface area contributed by atoms with Gasteiger partial charge >= 0.3 is 0 Å². The summed E-state index contributed by atoms with van der Waals surface area (Å²) in [5.74, 6) is 1.58. The molecule has 21 heavy (non-hydrogen) atoms. The van der Waals surface area contributed by atoms with Crippen LogP contribution in [0.15, 0.2) is 30.3 Å². The molecular formula is C16H18ClNO2S. The number of rotatable bonds is 4. The number of ether oxygens (including phenoxy) is 2. The summed E-state index contributed by atoms with van der Waals surface area (Å²) in [4.78, 5) is 1.03. The third-order valence-corrected chi connectivity index (χ3v) is 4.77. The Morgan fingerprint density at radius 2 is 2.19 bits per heavy atom. The second-order valence-corrected chi connectivity index (χ2v) is 7.51. The molecule has 1 aromatic heterocycles. The Labute approximate surface area is 133 Å². The van der Waals surface area contributed by atoms with Crippen LogP contribution in [0.4, 0.5) is 0 Å². The van der Waals surface area contributed by atoms with Gasteiger partial charge in [0.2, 0.25) is 0 Å². The van der Waals surface area contributed by atoms with Crippen molar-refractivity contribution in [1.29, 1.82) is 0 Å². The Kier molecular flexibility index (Phi) is 3.86. The summed E-state index contributed by atoms with van der Waals surface area (Å²) in [5.41, 5.74) is 6.85. The van der Waals surface area contributed by atoms with Crippen LogP contribution in [0.1, 0.15) is 30.4 Å². The molecule has 1 aliphatic heterocycles. The minimum absolute atomic E-state index is 0.188. The molecule has 0 saturated carbocycles. The van der Waals surface area contributed by atoms with Crippen LogP contribution in [0.3, 0.4) is 0 Å². The molecule has 1 unspecified atom stereocenters. The summed E-state index contributed by atoms with van der Waals surface area (Å²) < 4.78 is 12.9. The van der Waals surface area contributed by atoms with Crippen molar-refractivity contribution < 1.29 is 9.47 Å². The van der Waals surface area contributed by atoms with Crippen molar-refractivity contribution in [2.75, 3.05) is 6.54 Å². The highest BCUT2D eigenvalue weighted by molar-refractivity contribution is 7.16. The van der Waals surface area contributed by atoms with Crippen molar-refractivity contribution >= 4 is 22.9 Å². The molecule has 1 aliphatic rings. The lowest BCUT2D eigenvalue weighted by Gasteiger charge is -2.20. The van der Waals surface area contributed by atoms with Gasteiger partial charge in [-0.1, -0.05) is 23.7 Å². The topological polar surface area (TPSA) is 44.5 Å². The van der Waals surface area contributed by atoms with Crippen molar-refractivity contribution in [1.82, 2.24) is 0 Å². The van der Waals surface area contributed by atoms with Crippen LogP contribution < -0.4 is 15.2 Å². The summed E-state index contributed by atoms with van der Waals surface area (Å²) in [5, 5.41) is 0. The maximum absolute atomic E-state index is 6.10. The van der Waals surface area contributed by atoms with Crippen molar-refractivity contribution in [3.8, 4) is 11.5 Å². The lowest BCUT2D eigenvalue weighted by molar-refractivity contribution is 0.126. The van der Waals surface area contributed by atoms with Crippen molar-refractivity contribution in [2.45, 2.75) is 32.0 Å². The smallest absolute Gasteiger partial charge is 0.165 e. The first-order chi connectivity index (χ1) is 9.98. The average molecular weight is 324 g/mol. The molecule has 1 atom stereocenters. The molecule has 0 bridgehead atoms. The molecule has 2 N–H and O–H groups in total. The van der Waals surface area contributed by atoms with E-state index in [9.17, 15) is 0 Å². The number of fused-ring (bicyclic) bond motifs is 1. The molecule has 2 aromatic rings. The van der Waals surface area contributed by atoms with E-state index in [4.69, 9.17) is 26.8 Å². The average Bonchev–Trinajstić information content (AvgIpc) is 2.98. The number of halogens is 1. The lowest BCUT2D eigenvalue weighted by Crippen LogP contribution is -2.25. The third kappa shape index (κ3) is 3.03. The minimum Gasteiger partial charge on any atom is -0.483 e. The zero-order valence-electron chi connectivity index (χ0n) is 12.1. The van der Waals surface area contributed by atoms with Crippen LogP contribution in [0, 0.1) is 0 Å². The fourth-order valence-corrected chi connectivity index (χ4v) is 3.66. The zero-order chi connectivity index (χ0) is 15.0. The highest BCUT2D eigenvalue weighted by atomic mass is 35.5. The number of thiophene rings is 1. The molecular weight excluding hydrogens is 306 g/mol. The monoisotopic (exact) mass is 323 g/mol. The molecule has 2 heterocycles. The minimum atomic E-state index is -0.207. The summed E-state index contributed by atoms with van der Waals surface area (Å²) in [7, 11) is 0. The molecule has 1 aromatic carbocycles. The number of nitrogens with two attached hydrogens (primary N) is 1. The van der Waals surface area contributed by atoms with Gasteiger partial charge < -0.3 is 15.2 Å². The van der Waals surface area contributed by atoms with E-state index in [1.807, 2.05) is 24.3 Å². The third-order valence-electron chi connectivity index (χ3n) is 3.45. The van der Waals surface area contributed by atoms with E-state index in [1.54, 1.807) is 0 Å². The Hall–Kier alpha value is -1.23. The van der Waals surface area contributed by atoms with Gasteiger partial charge in [-0.15, -0.1) is 11.3 Å². The summed E-state index contributed by atoms with van der Waals surface area (Å²) in [6.45, 7) is 4.55. The first-order valence-corrected chi connectivity index (χ1v) is 8.11. The van der Waals surface area contributed by atoms with Crippen LogP contribution in [-0.2, 0) is 6.42 Å². The summed E-state index contributed by atoms with van der Waals surface area (Å²) in [6.07, 6.45) is 0.679. The van der Waals surface area contributed by atoms with Crippen molar-refractivity contribution in [3.63, 3.8) is 0 Å². The molecule has 0 aliphatic carbocycles. The molecule has 0 amide bonds. The molecule has 0 fully saturated rings. The Morgan fingerprint density at radius 3 is 2.86 bits per heavy atom. The van der Waals surface area contributed by atoms with Crippen molar-refractivity contribution in [2.24, 2.45) is 5.73 Å². The van der Waals surface area contributed by atoms with Gasteiger partial charge in [-0.2, -0.15) is 0 Å². The quantitative estimate of drug-likeness (QED) is 0.917. The van der Waals surface area contributed by atoms with Gasteiger partial charge in [0.25, 0.3) is 0 Å². The van der Waals surface area contributed by atoms with Gasteiger partial charge in [-0.25, -0.2) is 0 Å². The first kappa shape index (κ1) is 14.7.